The normalized spacial score (nSPS) is 17.0. The van der Waals surface area contributed by atoms with Crippen LogP contribution in [0.15, 0.2) is 42.5 Å². The van der Waals surface area contributed by atoms with E-state index in [1.165, 1.54) is 17.0 Å². The molecule has 11 nitrogen and oxygen atoms in total. The van der Waals surface area contributed by atoms with Crippen LogP contribution in [0.3, 0.4) is 0 Å². The average Bonchev–Trinajstić information content (AvgIpc) is 3.49. The van der Waals surface area contributed by atoms with Crippen molar-refractivity contribution in [1.82, 2.24) is 15.6 Å². The van der Waals surface area contributed by atoms with Crippen molar-refractivity contribution in [2.45, 2.75) is 18.6 Å². The molecule has 0 unspecified atom stereocenters. The Bertz CT molecular complexity index is 1360. The van der Waals surface area contributed by atoms with Crippen LogP contribution < -0.4 is 21.3 Å². The number of hydrogen-bond donors (Lipinski definition) is 5. The van der Waals surface area contributed by atoms with Gasteiger partial charge in [-0.1, -0.05) is 11.6 Å². The number of fused-ring (bicyclic) bond motifs is 1. The topological polar surface area (TPSA) is 159 Å². The summed E-state index contributed by atoms with van der Waals surface area (Å²) in [5.74, 6) is -2.53. The molecule has 13 heteroatoms. The highest BCUT2D eigenvalue weighted by Gasteiger charge is 2.51. The van der Waals surface area contributed by atoms with Gasteiger partial charge in [0, 0.05) is 54.2 Å². The Labute approximate surface area is 234 Å². The second-order valence-electron chi connectivity index (χ2n) is 9.25. The van der Waals surface area contributed by atoms with E-state index in [9.17, 15) is 23.9 Å². The number of H-pyrrole nitrogens is 1. The number of nitrogens with zero attached hydrogens (tertiary/aromatic N) is 1. The number of carbonyl (C=O) groups is 3. The summed E-state index contributed by atoms with van der Waals surface area (Å²) in [6.07, 6.45) is -0.123. The maximum atomic E-state index is 13.6. The monoisotopic (exact) mass is 575 g/mol. The van der Waals surface area contributed by atoms with Gasteiger partial charge in [-0.2, -0.15) is 0 Å². The number of amides is 3. The second kappa shape index (κ2) is 13.2. The van der Waals surface area contributed by atoms with Gasteiger partial charge >= 0.3 is 0 Å². The van der Waals surface area contributed by atoms with Crippen molar-refractivity contribution in [2.24, 2.45) is 5.73 Å². The van der Waals surface area contributed by atoms with E-state index < -0.39 is 23.2 Å². The Morgan fingerprint density at radius 1 is 1.10 bits per heavy atom. The summed E-state index contributed by atoms with van der Waals surface area (Å²) in [7, 11) is 0. The van der Waals surface area contributed by atoms with Crippen molar-refractivity contribution in [3.63, 3.8) is 0 Å². The summed E-state index contributed by atoms with van der Waals surface area (Å²) in [4.78, 5) is 42.8. The van der Waals surface area contributed by atoms with Crippen molar-refractivity contribution in [3.05, 3.63) is 64.6 Å². The lowest BCUT2D eigenvalue weighted by Crippen LogP contribution is -2.52. The Balaban J connectivity index is 1.33. The zero-order valence-electron chi connectivity index (χ0n) is 21.7. The Kier molecular flexibility index (Phi) is 9.71. The highest BCUT2D eigenvalue weighted by atomic mass is 35.5. The van der Waals surface area contributed by atoms with Crippen LogP contribution in [-0.4, -0.2) is 79.5 Å². The Hall–Kier alpha value is -3.55. The number of halogens is 2. The number of hydrogen-bond acceptors (Lipinski definition) is 7. The van der Waals surface area contributed by atoms with E-state index in [1.54, 1.807) is 24.3 Å². The lowest BCUT2D eigenvalue weighted by Gasteiger charge is -2.22. The first-order valence-corrected chi connectivity index (χ1v) is 13.1. The van der Waals surface area contributed by atoms with Crippen molar-refractivity contribution in [1.29, 1.82) is 0 Å². The van der Waals surface area contributed by atoms with E-state index in [1.807, 2.05) is 0 Å². The van der Waals surface area contributed by atoms with Gasteiger partial charge < -0.3 is 40.8 Å². The van der Waals surface area contributed by atoms with Gasteiger partial charge in [0.1, 0.15) is 11.5 Å². The molecule has 1 aliphatic heterocycles. The van der Waals surface area contributed by atoms with Crippen LogP contribution in [0.1, 0.15) is 22.5 Å². The number of ether oxygens (including phenoxy) is 2. The predicted molar refractivity (Wildman–Crippen MR) is 147 cm³/mol. The fraction of sp³-hybridized carbons (Fsp3) is 0.370. The molecular weight excluding hydrogens is 545 g/mol. The molecule has 1 atom stereocenters. The summed E-state index contributed by atoms with van der Waals surface area (Å²) in [5.41, 5.74) is 4.94. The smallest absolute Gasteiger partial charge is 0.268 e. The van der Waals surface area contributed by atoms with E-state index in [4.69, 9.17) is 26.8 Å². The molecule has 3 amide bonds. The summed E-state index contributed by atoms with van der Waals surface area (Å²) >= 11 is 5.84. The third-order valence-corrected chi connectivity index (χ3v) is 6.59. The summed E-state index contributed by atoms with van der Waals surface area (Å²) in [5, 5.41) is 17.0. The lowest BCUT2D eigenvalue weighted by atomic mass is 10.0. The van der Waals surface area contributed by atoms with Gasteiger partial charge in [-0.25, -0.2) is 4.39 Å². The van der Waals surface area contributed by atoms with E-state index in [-0.39, 0.29) is 30.4 Å². The van der Waals surface area contributed by atoms with Crippen LogP contribution in [0.5, 0.6) is 0 Å². The van der Waals surface area contributed by atoms with E-state index in [0.717, 1.165) is 6.07 Å². The zero-order chi connectivity index (χ0) is 28.7. The van der Waals surface area contributed by atoms with E-state index >= 15 is 0 Å². The molecule has 1 fully saturated rings. The average molecular weight is 576 g/mol. The molecule has 3 aromatic rings. The molecule has 4 rings (SSSR count). The first kappa shape index (κ1) is 29.4. The molecule has 1 aromatic heterocycles. The summed E-state index contributed by atoms with van der Waals surface area (Å²) in [6, 6.07) is 10.5. The number of anilines is 1. The molecule has 2 heterocycles. The largest absolute Gasteiger partial charge is 0.378 e. The molecule has 0 bridgehead atoms. The van der Waals surface area contributed by atoms with Crippen LogP contribution >= 0.6 is 11.6 Å². The minimum atomic E-state index is -2.27. The number of aromatic nitrogens is 1. The maximum Gasteiger partial charge on any atom is 0.268 e. The third kappa shape index (κ3) is 6.95. The van der Waals surface area contributed by atoms with Crippen molar-refractivity contribution < 1.29 is 33.4 Å². The lowest BCUT2D eigenvalue weighted by molar-refractivity contribution is -0.149. The van der Waals surface area contributed by atoms with Gasteiger partial charge in [-0.3, -0.25) is 14.4 Å². The van der Waals surface area contributed by atoms with Crippen LogP contribution in [0, 0.1) is 5.82 Å². The number of benzene rings is 2. The molecule has 0 aliphatic carbocycles. The number of aliphatic hydroxyl groups is 1. The number of rotatable bonds is 13. The first-order chi connectivity index (χ1) is 19.2. The number of nitrogens with two attached hydrogens (primary N) is 1. The molecule has 0 saturated carbocycles. The van der Waals surface area contributed by atoms with Crippen molar-refractivity contribution in [3.8, 4) is 0 Å². The number of aromatic amines is 1. The van der Waals surface area contributed by atoms with Gasteiger partial charge in [-0.15, -0.1) is 0 Å². The van der Waals surface area contributed by atoms with Gasteiger partial charge in [-0.05, 0) is 48.0 Å². The molecule has 0 spiro atoms. The minimum absolute atomic E-state index is 0.106. The van der Waals surface area contributed by atoms with Crippen LogP contribution in [0.2, 0.25) is 5.02 Å². The van der Waals surface area contributed by atoms with Gasteiger partial charge in [0.05, 0.1) is 26.4 Å². The fourth-order valence-electron chi connectivity index (χ4n) is 4.35. The van der Waals surface area contributed by atoms with E-state index in [2.05, 4.69) is 15.6 Å². The Morgan fingerprint density at radius 3 is 2.62 bits per heavy atom. The van der Waals surface area contributed by atoms with Gasteiger partial charge in [0.2, 0.25) is 5.60 Å². The molecule has 6 N–H and O–H groups in total. The standard InChI is InChI=1S/C27H31ClFN5O6/c28-19-11-17(12-20(29)15-19)16-32-25(36)27(38)3-6-34(26(27)37)21-1-2-22-18(13-21)14-23(33-22)24(35)31-5-8-40-10-9-39-7-4-30/h1-2,11-15,33,38H,3-10,16,30H2,(H,31,35)(H,32,36)/t27-/m1/s1. The number of nitrogens with one attached hydrogen (secondary N) is 3. The first-order valence-electron chi connectivity index (χ1n) is 12.8. The fourth-order valence-corrected chi connectivity index (χ4v) is 4.60. The quantitative estimate of drug-likeness (QED) is 0.152. The minimum Gasteiger partial charge on any atom is -0.378 e. The molecule has 2 aromatic carbocycles. The van der Waals surface area contributed by atoms with Crippen LogP contribution in [0.25, 0.3) is 10.9 Å². The second-order valence-corrected chi connectivity index (χ2v) is 9.69. The highest BCUT2D eigenvalue weighted by molar-refractivity contribution is 6.30. The number of carbonyl (C=O) groups excluding carboxylic acids is 3. The zero-order valence-corrected chi connectivity index (χ0v) is 22.4. The molecule has 1 saturated heterocycles. The van der Waals surface area contributed by atoms with Crippen molar-refractivity contribution in [2.75, 3.05) is 51.0 Å². The van der Waals surface area contributed by atoms with Gasteiger partial charge in [0.15, 0.2) is 0 Å². The molecule has 0 radical (unpaired) electrons. The highest BCUT2D eigenvalue weighted by Crippen LogP contribution is 2.31. The van der Waals surface area contributed by atoms with Crippen LogP contribution in [0.4, 0.5) is 10.1 Å². The van der Waals surface area contributed by atoms with E-state index in [0.29, 0.717) is 67.4 Å². The molecular formula is C27H31ClFN5O6. The predicted octanol–water partition coefficient (Wildman–Crippen LogP) is 1.47. The van der Waals surface area contributed by atoms with Crippen molar-refractivity contribution >= 4 is 45.9 Å². The third-order valence-electron chi connectivity index (χ3n) is 6.37. The molecule has 214 valence electrons. The summed E-state index contributed by atoms with van der Waals surface area (Å²) in [6.45, 7) is 2.39. The Morgan fingerprint density at radius 2 is 1.88 bits per heavy atom. The van der Waals surface area contributed by atoms with Gasteiger partial charge in [0.25, 0.3) is 17.7 Å². The summed E-state index contributed by atoms with van der Waals surface area (Å²) < 4.78 is 24.2. The molecule has 40 heavy (non-hydrogen) atoms. The molecule has 1 aliphatic rings. The SMILES string of the molecule is NCCOCCOCCNC(=O)c1cc2cc(N3CC[C@@](O)(C(=O)NCc4cc(F)cc(Cl)c4)C3=O)ccc2[nH]1. The maximum absolute atomic E-state index is 13.6. The van der Waals surface area contributed by atoms with Crippen LogP contribution in [-0.2, 0) is 25.6 Å².